The number of benzene rings is 1. The van der Waals surface area contributed by atoms with Crippen molar-refractivity contribution in [1.29, 1.82) is 5.26 Å². The summed E-state index contributed by atoms with van der Waals surface area (Å²) in [7, 11) is -3.56. The van der Waals surface area contributed by atoms with Crippen molar-refractivity contribution in [1.82, 2.24) is 4.31 Å². The fourth-order valence-electron chi connectivity index (χ4n) is 1.89. The first-order valence-corrected chi connectivity index (χ1v) is 7.96. The predicted molar refractivity (Wildman–Crippen MR) is 76.5 cm³/mol. The fourth-order valence-corrected chi connectivity index (χ4v) is 3.56. The van der Waals surface area contributed by atoms with Crippen LogP contribution in [-0.2, 0) is 16.4 Å². The van der Waals surface area contributed by atoms with Gasteiger partial charge in [-0.1, -0.05) is 12.1 Å². The van der Waals surface area contributed by atoms with E-state index in [4.69, 9.17) is 10.4 Å². The van der Waals surface area contributed by atoms with Gasteiger partial charge >= 0.3 is 0 Å². The Labute approximate surface area is 120 Å². The van der Waals surface area contributed by atoms with Gasteiger partial charge in [-0.25, -0.2) is 8.42 Å². The molecule has 0 amide bonds. The number of nitrogens with zero attached hydrogens (tertiary/aromatic N) is 2. The van der Waals surface area contributed by atoms with Gasteiger partial charge in [0, 0.05) is 19.2 Å². The molecule has 0 bridgehead atoms. The van der Waals surface area contributed by atoms with Crippen molar-refractivity contribution in [3.63, 3.8) is 0 Å². The lowest BCUT2D eigenvalue weighted by Crippen LogP contribution is -2.38. The number of sulfonamides is 1. The molecule has 5 nitrogen and oxygen atoms in total. The molecule has 0 aliphatic heterocycles. The Kier molecular flexibility index (Phi) is 6.14. The van der Waals surface area contributed by atoms with E-state index in [0.717, 1.165) is 5.56 Å². The Morgan fingerprint density at radius 2 is 1.90 bits per heavy atom. The van der Waals surface area contributed by atoms with Gasteiger partial charge in [-0.05, 0) is 38.0 Å². The zero-order chi connectivity index (χ0) is 15.2. The highest BCUT2D eigenvalue weighted by molar-refractivity contribution is 7.89. The molecule has 0 aromatic heterocycles. The number of nitriles is 1. The lowest BCUT2D eigenvalue weighted by Gasteiger charge is -2.25. The van der Waals surface area contributed by atoms with Crippen LogP contribution in [0.25, 0.3) is 0 Å². The minimum Gasteiger partial charge on any atom is -0.396 e. The molecule has 110 valence electrons. The van der Waals surface area contributed by atoms with Crippen LogP contribution in [0.5, 0.6) is 0 Å². The third-order valence-electron chi connectivity index (χ3n) is 2.93. The van der Waals surface area contributed by atoms with Crippen molar-refractivity contribution in [2.24, 2.45) is 0 Å². The Morgan fingerprint density at radius 3 is 2.35 bits per heavy atom. The van der Waals surface area contributed by atoms with E-state index in [9.17, 15) is 8.42 Å². The molecule has 1 aromatic carbocycles. The fraction of sp³-hybridized carbons (Fsp3) is 0.500. The molecule has 0 fully saturated rings. The van der Waals surface area contributed by atoms with Gasteiger partial charge in [-0.15, -0.1) is 0 Å². The predicted octanol–water partition coefficient (Wildman–Crippen LogP) is 1.53. The molecule has 0 atom stereocenters. The molecule has 0 spiro atoms. The van der Waals surface area contributed by atoms with Gasteiger partial charge < -0.3 is 5.11 Å². The summed E-state index contributed by atoms with van der Waals surface area (Å²) in [5.41, 5.74) is 0.790. The van der Waals surface area contributed by atoms with Crippen molar-refractivity contribution in [3.8, 4) is 6.07 Å². The molecule has 0 radical (unpaired) electrons. The Morgan fingerprint density at radius 1 is 1.30 bits per heavy atom. The smallest absolute Gasteiger partial charge is 0.243 e. The van der Waals surface area contributed by atoms with E-state index in [2.05, 4.69) is 0 Å². The number of aliphatic hydroxyl groups is 1. The molecule has 0 heterocycles. The molecular weight excluding hydrogens is 276 g/mol. The van der Waals surface area contributed by atoms with Crippen molar-refractivity contribution < 1.29 is 13.5 Å². The molecule has 0 saturated heterocycles. The summed E-state index contributed by atoms with van der Waals surface area (Å²) >= 11 is 0. The minimum absolute atomic E-state index is 0.0418. The summed E-state index contributed by atoms with van der Waals surface area (Å²) in [5, 5.41) is 17.5. The first-order valence-electron chi connectivity index (χ1n) is 6.52. The van der Waals surface area contributed by atoms with Crippen LogP contribution in [0.4, 0.5) is 0 Å². The molecule has 1 aromatic rings. The summed E-state index contributed by atoms with van der Waals surface area (Å²) in [5.74, 6) is 0. The first kappa shape index (κ1) is 16.6. The average molecular weight is 296 g/mol. The molecule has 1 N–H and O–H groups in total. The van der Waals surface area contributed by atoms with Crippen LogP contribution < -0.4 is 0 Å². The second-order valence-corrected chi connectivity index (χ2v) is 6.66. The third-order valence-corrected chi connectivity index (χ3v) is 5.02. The van der Waals surface area contributed by atoms with Crippen LogP contribution in [0, 0.1) is 11.3 Å². The van der Waals surface area contributed by atoms with Crippen molar-refractivity contribution >= 4 is 10.0 Å². The second kappa shape index (κ2) is 7.39. The van der Waals surface area contributed by atoms with Gasteiger partial charge in [0.25, 0.3) is 0 Å². The maximum atomic E-state index is 12.5. The van der Waals surface area contributed by atoms with Crippen LogP contribution in [0.2, 0.25) is 0 Å². The maximum absolute atomic E-state index is 12.5. The van der Waals surface area contributed by atoms with E-state index in [1.54, 1.807) is 26.0 Å². The lowest BCUT2D eigenvalue weighted by atomic mass is 10.2. The molecule has 20 heavy (non-hydrogen) atoms. The normalized spacial score (nSPS) is 11.8. The van der Waals surface area contributed by atoms with Gasteiger partial charge in [0.1, 0.15) is 0 Å². The van der Waals surface area contributed by atoms with E-state index < -0.39 is 10.0 Å². The maximum Gasteiger partial charge on any atom is 0.243 e. The second-order valence-electron chi connectivity index (χ2n) is 4.77. The van der Waals surface area contributed by atoms with Gasteiger partial charge in [-0.2, -0.15) is 9.57 Å². The third kappa shape index (κ3) is 4.04. The number of hydrogen-bond donors (Lipinski definition) is 1. The standard InChI is InChI=1S/C14H20N2O3S/c1-12(2)16(10-3-11-17)20(18,19)14-6-4-13(5-7-14)8-9-15/h4-7,12,17H,3,8,10-11H2,1-2H3. The quantitative estimate of drug-likeness (QED) is 0.827. The average Bonchev–Trinajstić information content (AvgIpc) is 2.39. The van der Waals surface area contributed by atoms with E-state index >= 15 is 0 Å². The Balaban J connectivity index is 3.03. The zero-order valence-corrected chi connectivity index (χ0v) is 12.6. The summed E-state index contributed by atoms with van der Waals surface area (Å²) in [6.07, 6.45) is 0.669. The number of hydrogen-bond acceptors (Lipinski definition) is 4. The van der Waals surface area contributed by atoms with E-state index in [1.807, 2.05) is 6.07 Å². The van der Waals surface area contributed by atoms with Crippen LogP contribution in [0.3, 0.4) is 0 Å². The highest BCUT2D eigenvalue weighted by Gasteiger charge is 2.26. The Hall–Kier alpha value is -1.42. The SMILES string of the molecule is CC(C)N(CCCO)S(=O)(=O)c1ccc(CC#N)cc1. The van der Waals surface area contributed by atoms with Crippen LogP contribution in [0.1, 0.15) is 25.8 Å². The lowest BCUT2D eigenvalue weighted by molar-refractivity contribution is 0.258. The van der Waals surface area contributed by atoms with Crippen LogP contribution in [0.15, 0.2) is 29.2 Å². The topological polar surface area (TPSA) is 81.4 Å². The summed E-state index contributed by atoms with van der Waals surface area (Å²) < 4.78 is 26.4. The minimum atomic E-state index is -3.56. The number of aliphatic hydroxyl groups excluding tert-OH is 1. The van der Waals surface area contributed by atoms with E-state index in [1.165, 1.54) is 16.4 Å². The molecular formula is C14H20N2O3S. The molecule has 6 heteroatoms. The molecule has 0 unspecified atom stereocenters. The van der Waals surface area contributed by atoms with Crippen LogP contribution >= 0.6 is 0 Å². The molecule has 0 aliphatic rings. The number of rotatable bonds is 7. The summed E-state index contributed by atoms with van der Waals surface area (Å²) in [6, 6.07) is 8.20. The van der Waals surface area contributed by atoms with E-state index in [0.29, 0.717) is 6.42 Å². The van der Waals surface area contributed by atoms with Gasteiger partial charge in [-0.3, -0.25) is 0 Å². The van der Waals surface area contributed by atoms with Gasteiger partial charge in [0.2, 0.25) is 10.0 Å². The van der Waals surface area contributed by atoms with Crippen molar-refractivity contribution in [2.45, 2.75) is 37.6 Å². The highest BCUT2D eigenvalue weighted by atomic mass is 32.2. The summed E-state index contributed by atoms with van der Waals surface area (Å²) in [6.45, 7) is 3.86. The van der Waals surface area contributed by atoms with Crippen molar-refractivity contribution in [3.05, 3.63) is 29.8 Å². The Bertz CT molecular complexity index is 559. The highest BCUT2D eigenvalue weighted by Crippen LogP contribution is 2.19. The molecule has 1 rings (SSSR count). The van der Waals surface area contributed by atoms with Crippen LogP contribution in [-0.4, -0.2) is 37.0 Å². The molecule has 0 aliphatic carbocycles. The van der Waals surface area contributed by atoms with Gasteiger partial charge in [0.05, 0.1) is 17.4 Å². The van der Waals surface area contributed by atoms with Crippen molar-refractivity contribution in [2.75, 3.05) is 13.2 Å². The van der Waals surface area contributed by atoms with E-state index in [-0.39, 0.29) is 30.5 Å². The zero-order valence-electron chi connectivity index (χ0n) is 11.8. The van der Waals surface area contributed by atoms with Gasteiger partial charge in [0.15, 0.2) is 0 Å². The summed E-state index contributed by atoms with van der Waals surface area (Å²) in [4.78, 5) is 0.214. The largest absolute Gasteiger partial charge is 0.396 e. The first-order chi connectivity index (χ1) is 9.43. The molecule has 0 saturated carbocycles. The monoisotopic (exact) mass is 296 g/mol.